The summed E-state index contributed by atoms with van der Waals surface area (Å²) in [4.78, 5) is 26.3. The zero-order valence-corrected chi connectivity index (χ0v) is 15.6. The van der Waals surface area contributed by atoms with Gasteiger partial charge in [0.2, 0.25) is 0 Å². The van der Waals surface area contributed by atoms with Crippen LogP contribution in [-0.4, -0.2) is 36.0 Å². The molecule has 0 spiro atoms. The third-order valence-corrected chi connectivity index (χ3v) is 4.82. The summed E-state index contributed by atoms with van der Waals surface area (Å²) in [6, 6.07) is 17.2. The fraction of sp³-hybridized carbons (Fsp3) is 0.273. The van der Waals surface area contributed by atoms with Gasteiger partial charge >= 0.3 is 6.03 Å². The third-order valence-electron chi connectivity index (χ3n) is 4.82. The molecule has 1 saturated heterocycles. The molecule has 140 valence electrons. The number of hydrogen-bond donors (Lipinski definition) is 1. The summed E-state index contributed by atoms with van der Waals surface area (Å²) in [5, 5.41) is 2.85. The summed E-state index contributed by atoms with van der Waals surface area (Å²) >= 11 is 0. The lowest BCUT2D eigenvalue weighted by atomic mass is 9.93. The maximum Gasteiger partial charge on any atom is 0.325 e. The Bertz CT molecular complexity index is 830. The zero-order valence-electron chi connectivity index (χ0n) is 15.6. The number of urea groups is 1. The fourth-order valence-electron chi connectivity index (χ4n) is 3.13. The van der Waals surface area contributed by atoms with Crippen LogP contribution in [0.2, 0.25) is 0 Å². The lowest BCUT2D eigenvalue weighted by molar-refractivity contribution is -0.130. The molecule has 5 heteroatoms. The first-order chi connectivity index (χ1) is 13.0. The monoisotopic (exact) mass is 364 g/mol. The van der Waals surface area contributed by atoms with Crippen molar-refractivity contribution in [2.24, 2.45) is 0 Å². The minimum atomic E-state index is -0.877. The van der Waals surface area contributed by atoms with Gasteiger partial charge in [0, 0.05) is 6.54 Å². The molecule has 0 saturated carbocycles. The van der Waals surface area contributed by atoms with Gasteiger partial charge in [-0.3, -0.25) is 9.69 Å². The molecule has 0 unspecified atom stereocenters. The van der Waals surface area contributed by atoms with Crippen LogP contribution in [0.1, 0.15) is 24.5 Å². The van der Waals surface area contributed by atoms with Gasteiger partial charge in [-0.1, -0.05) is 54.6 Å². The number of ether oxygens (including phenoxy) is 1. The number of methoxy groups -OCH3 is 1. The van der Waals surface area contributed by atoms with Crippen LogP contribution in [0.5, 0.6) is 5.75 Å². The Morgan fingerprint density at radius 1 is 1.07 bits per heavy atom. The second-order valence-corrected chi connectivity index (χ2v) is 6.84. The molecular formula is C22H24N2O3. The summed E-state index contributed by atoms with van der Waals surface area (Å²) in [6.45, 7) is 2.05. The first kappa shape index (κ1) is 18.7. The highest BCUT2D eigenvalue weighted by molar-refractivity contribution is 6.06. The molecule has 0 aliphatic carbocycles. The van der Waals surface area contributed by atoms with Crippen molar-refractivity contribution in [2.45, 2.75) is 25.3 Å². The van der Waals surface area contributed by atoms with Crippen molar-refractivity contribution in [3.63, 3.8) is 0 Å². The van der Waals surface area contributed by atoms with Gasteiger partial charge in [-0.05, 0) is 43.0 Å². The van der Waals surface area contributed by atoms with Crippen LogP contribution in [0, 0.1) is 0 Å². The van der Waals surface area contributed by atoms with Gasteiger partial charge in [-0.2, -0.15) is 0 Å². The van der Waals surface area contributed by atoms with Gasteiger partial charge in [0.15, 0.2) is 0 Å². The minimum Gasteiger partial charge on any atom is -0.497 e. The molecule has 1 N–H and O–H groups in total. The van der Waals surface area contributed by atoms with Crippen molar-refractivity contribution in [3.8, 4) is 5.75 Å². The first-order valence-corrected chi connectivity index (χ1v) is 9.00. The molecule has 3 rings (SSSR count). The van der Waals surface area contributed by atoms with Gasteiger partial charge < -0.3 is 10.1 Å². The number of benzene rings is 2. The van der Waals surface area contributed by atoms with E-state index in [0.29, 0.717) is 12.8 Å². The number of aryl methyl sites for hydroxylation is 1. The Labute approximate surface area is 159 Å². The number of hydrogen-bond acceptors (Lipinski definition) is 3. The second kappa shape index (κ2) is 8.08. The molecular weight excluding hydrogens is 340 g/mol. The average Bonchev–Trinajstić information content (AvgIpc) is 2.91. The smallest absolute Gasteiger partial charge is 0.325 e. The maximum absolute atomic E-state index is 12.8. The minimum absolute atomic E-state index is 0.182. The average molecular weight is 364 g/mol. The quantitative estimate of drug-likeness (QED) is 0.763. The van der Waals surface area contributed by atoms with Crippen LogP contribution in [-0.2, 0) is 11.2 Å². The molecule has 2 aromatic rings. The van der Waals surface area contributed by atoms with Crippen molar-refractivity contribution in [3.05, 3.63) is 71.8 Å². The Hall–Kier alpha value is -3.08. The van der Waals surface area contributed by atoms with Gasteiger partial charge in [0.05, 0.1) is 7.11 Å². The van der Waals surface area contributed by atoms with Crippen molar-refractivity contribution in [1.29, 1.82) is 0 Å². The SMILES string of the molecule is COc1ccc(CC[C@]2(C)NC(=O)N(C/C=C/c3ccccc3)C2=O)cc1. The molecule has 1 aliphatic rings. The molecule has 1 aliphatic heterocycles. The molecule has 1 heterocycles. The number of nitrogens with one attached hydrogen (secondary N) is 1. The fourth-order valence-corrected chi connectivity index (χ4v) is 3.13. The number of amides is 3. The van der Waals surface area contributed by atoms with Gasteiger partial charge in [0.25, 0.3) is 5.91 Å². The predicted octanol–water partition coefficient (Wildman–Crippen LogP) is 3.65. The highest BCUT2D eigenvalue weighted by Gasteiger charge is 2.46. The van der Waals surface area contributed by atoms with Crippen LogP contribution >= 0.6 is 0 Å². The van der Waals surface area contributed by atoms with Crippen LogP contribution < -0.4 is 10.1 Å². The van der Waals surface area contributed by atoms with Crippen LogP contribution in [0.15, 0.2) is 60.7 Å². The Morgan fingerprint density at radius 3 is 2.44 bits per heavy atom. The van der Waals surface area contributed by atoms with Gasteiger partial charge in [0.1, 0.15) is 11.3 Å². The van der Waals surface area contributed by atoms with Crippen molar-refractivity contribution >= 4 is 18.0 Å². The van der Waals surface area contributed by atoms with E-state index >= 15 is 0 Å². The molecule has 0 bridgehead atoms. The lowest BCUT2D eigenvalue weighted by Crippen LogP contribution is -2.44. The number of carbonyl (C=O) groups excluding carboxylic acids is 2. The van der Waals surface area contributed by atoms with E-state index in [1.165, 1.54) is 4.90 Å². The summed E-state index contributed by atoms with van der Waals surface area (Å²) in [5.74, 6) is 0.616. The summed E-state index contributed by atoms with van der Waals surface area (Å²) in [7, 11) is 1.63. The molecule has 27 heavy (non-hydrogen) atoms. The summed E-state index contributed by atoms with van der Waals surface area (Å²) in [5.41, 5.74) is 1.26. The molecule has 0 radical (unpaired) electrons. The number of nitrogens with zero attached hydrogens (tertiary/aromatic N) is 1. The van der Waals surface area contributed by atoms with Crippen molar-refractivity contribution < 1.29 is 14.3 Å². The summed E-state index contributed by atoms with van der Waals surface area (Å²) in [6.07, 6.45) is 4.98. The summed E-state index contributed by atoms with van der Waals surface area (Å²) < 4.78 is 5.16. The van der Waals surface area contributed by atoms with E-state index in [4.69, 9.17) is 4.74 Å². The van der Waals surface area contributed by atoms with E-state index in [1.54, 1.807) is 14.0 Å². The Morgan fingerprint density at radius 2 is 1.78 bits per heavy atom. The van der Waals surface area contributed by atoms with E-state index in [9.17, 15) is 9.59 Å². The van der Waals surface area contributed by atoms with E-state index in [1.807, 2.05) is 66.7 Å². The molecule has 5 nitrogen and oxygen atoms in total. The number of rotatable bonds is 7. The highest BCUT2D eigenvalue weighted by Crippen LogP contribution is 2.24. The second-order valence-electron chi connectivity index (χ2n) is 6.84. The first-order valence-electron chi connectivity index (χ1n) is 9.00. The van der Waals surface area contributed by atoms with E-state index in [2.05, 4.69) is 5.32 Å². The van der Waals surface area contributed by atoms with Crippen LogP contribution in [0.4, 0.5) is 4.79 Å². The maximum atomic E-state index is 12.8. The van der Waals surface area contributed by atoms with E-state index in [-0.39, 0.29) is 18.5 Å². The van der Waals surface area contributed by atoms with Crippen molar-refractivity contribution in [2.75, 3.05) is 13.7 Å². The number of imide groups is 1. The standard InChI is InChI=1S/C22H24N2O3/c1-22(15-14-18-10-12-19(27-2)13-11-18)20(25)24(21(26)23-22)16-6-9-17-7-4-3-5-8-17/h3-13H,14-16H2,1-2H3,(H,23,26)/b9-6+/t22-/m0/s1. The Kier molecular flexibility index (Phi) is 5.60. The topological polar surface area (TPSA) is 58.6 Å². The normalized spacial score (nSPS) is 19.6. The van der Waals surface area contributed by atoms with Crippen molar-refractivity contribution in [1.82, 2.24) is 10.2 Å². The molecule has 0 aromatic heterocycles. The van der Waals surface area contributed by atoms with Gasteiger partial charge in [-0.15, -0.1) is 0 Å². The van der Waals surface area contributed by atoms with Gasteiger partial charge in [-0.25, -0.2) is 4.79 Å². The lowest BCUT2D eigenvalue weighted by Gasteiger charge is -2.21. The highest BCUT2D eigenvalue weighted by atomic mass is 16.5. The third kappa shape index (κ3) is 4.37. The zero-order chi connectivity index (χ0) is 19.3. The molecule has 1 fully saturated rings. The molecule has 1 atom stereocenters. The number of carbonyl (C=O) groups is 2. The largest absolute Gasteiger partial charge is 0.497 e. The van der Waals surface area contributed by atoms with Crippen LogP contribution in [0.3, 0.4) is 0 Å². The molecule has 2 aromatic carbocycles. The van der Waals surface area contributed by atoms with E-state index < -0.39 is 5.54 Å². The van der Waals surface area contributed by atoms with Crippen LogP contribution in [0.25, 0.3) is 6.08 Å². The predicted molar refractivity (Wildman–Crippen MR) is 105 cm³/mol. The molecule has 3 amide bonds. The van der Waals surface area contributed by atoms with E-state index in [0.717, 1.165) is 16.9 Å². The Balaban J connectivity index is 1.60.